The molecule has 1 amide bonds. The van der Waals surface area contributed by atoms with Crippen molar-refractivity contribution in [3.05, 3.63) is 47.0 Å². The number of aromatic nitrogens is 3. The molecule has 6 heteroatoms. The lowest BCUT2D eigenvalue weighted by Gasteiger charge is -2.34. The summed E-state index contributed by atoms with van der Waals surface area (Å²) in [7, 11) is 0. The van der Waals surface area contributed by atoms with Gasteiger partial charge in [0.2, 0.25) is 5.91 Å². The Labute approximate surface area is 142 Å². The van der Waals surface area contributed by atoms with E-state index in [2.05, 4.69) is 51.3 Å². The van der Waals surface area contributed by atoms with Crippen molar-refractivity contribution in [1.82, 2.24) is 25.0 Å². The van der Waals surface area contributed by atoms with Crippen molar-refractivity contribution < 1.29 is 4.79 Å². The van der Waals surface area contributed by atoms with E-state index in [1.165, 1.54) is 11.1 Å². The summed E-state index contributed by atoms with van der Waals surface area (Å²) in [6, 6.07) is 8.63. The molecule has 2 heterocycles. The number of piperazine rings is 1. The van der Waals surface area contributed by atoms with Crippen LogP contribution in [0.25, 0.3) is 0 Å². The molecule has 0 bridgehead atoms. The first-order valence-electron chi connectivity index (χ1n) is 8.54. The van der Waals surface area contributed by atoms with E-state index >= 15 is 0 Å². The van der Waals surface area contributed by atoms with Gasteiger partial charge in [0, 0.05) is 45.6 Å². The van der Waals surface area contributed by atoms with Crippen LogP contribution in [0, 0.1) is 13.8 Å². The van der Waals surface area contributed by atoms with E-state index < -0.39 is 0 Å². The maximum atomic E-state index is 12.3. The summed E-state index contributed by atoms with van der Waals surface area (Å²) < 4.78 is 0. The lowest BCUT2D eigenvalue weighted by atomic mass is 10.1. The molecule has 1 aromatic carbocycles. The van der Waals surface area contributed by atoms with Crippen LogP contribution in [0.1, 0.15) is 29.2 Å². The van der Waals surface area contributed by atoms with Gasteiger partial charge in [0.25, 0.3) is 0 Å². The molecule has 1 aliphatic rings. The van der Waals surface area contributed by atoms with Crippen molar-refractivity contribution in [1.29, 1.82) is 0 Å². The van der Waals surface area contributed by atoms with Crippen LogP contribution in [0.4, 0.5) is 0 Å². The van der Waals surface area contributed by atoms with Gasteiger partial charge in [-0.2, -0.15) is 5.10 Å². The Hall–Kier alpha value is -2.21. The number of aryl methyl sites for hydroxylation is 3. The highest BCUT2D eigenvalue weighted by Crippen LogP contribution is 2.11. The number of hydrogen-bond donors (Lipinski definition) is 1. The Morgan fingerprint density at radius 3 is 2.67 bits per heavy atom. The van der Waals surface area contributed by atoms with Crippen molar-refractivity contribution >= 4 is 5.91 Å². The van der Waals surface area contributed by atoms with Gasteiger partial charge in [-0.25, -0.2) is 4.98 Å². The maximum Gasteiger partial charge on any atom is 0.223 e. The lowest BCUT2D eigenvalue weighted by Crippen LogP contribution is -2.48. The first kappa shape index (κ1) is 16.6. The van der Waals surface area contributed by atoms with Gasteiger partial charge in [-0.3, -0.25) is 14.8 Å². The number of nitrogens with one attached hydrogen (secondary N) is 1. The Kier molecular flexibility index (Phi) is 5.25. The van der Waals surface area contributed by atoms with E-state index in [0.717, 1.165) is 44.4 Å². The molecule has 3 rings (SSSR count). The second-order valence-corrected chi connectivity index (χ2v) is 6.48. The largest absolute Gasteiger partial charge is 0.340 e. The van der Waals surface area contributed by atoms with Crippen LogP contribution in [-0.2, 0) is 17.8 Å². The van der Waals surface area contributed by atoms with E-state index in [1.807, 2.05) is 11.8 Å². The molecule has 1 saturated heterocycles. The highest BCUT2D eigenvalue weighted by Gasteiger charge is 2.21. The maximum absolute atomic E-state index is 12.3. The molecule has 24 heavy (non-hydrogen) atoms. The van der Waals surface area contributed by atoms with Crippen molar-refractivity contribution in [2.45, 2.75) is 33.2 Å². The first-order valence-corrected chi connectivity index (χ1v) is 8.54. The van der Waals surface area contributed by atoms with Crippen molar-refractivity contribution in [3.63, 3.8) is 0 Å². The number of rotatable bonds is 5. The minimum absolute atomic E-state index is 0.202. The smallest absolute Gasteiger partial charge is 0.223 e. The number of carbonyl (C=O) groups is 1. The number of H-pyrrole nitrogens is 1. The number of nitrogens with zero attached hydrogens (tertiary/aromatic N) is 4. The molecule has 1 N–H and O–H groups in total. The van der Waals surface area contributed by atoms with Crippen molar-refractivity contribution in [3.8, 4) is 0 Å². The summed E-state index contributed by atoms with van der Waals surface area (Å²) in [5.74, 6) is 1.72. The van der Waals surface area contributed by atoms with Crippen LogP contribution in [0.3, 0.4) is 0 Å². The van der Waals surface area contributed by atoms with E-state index in [0.29, 0.717) is 12.8 Å². The molecule has 1 aliphatic heterocycles. The zero-order valence-corrected chi connectivity index (χ0v) is 14.5. The number of aromatic amines is 1. The average Bonchev–Trinajstić information content (AvgIpc) is 2.99. The third kappa shape index (κ3) is 4.41. The van der Waals surface area contributed by atoms with Crippen molar-refractivity contribution in [2.24, 2.45) is 0 Å². The summed E-state index contributed by atoms with van der Waals surface area (Å²) >= 11 is 0. The van der Waals surface area contributed by atoms with Crippen LogP contribution in [0.2, 0.25) is 0 Å². The summed E-state index contributed by atoms with van der Waals surface area (Å²) in [6.45, 7) is 8.41. The molecule has 2 aromatic rings. The molecule has 6 nitrogen and oxygen atoms in total. The molecule has 0 radical (unpaired) electrons. The topological polar surface area (TPSA) is 65.1 Å². The fraction of sp³-hybridized carbons (Fsp3) is 0.500. The third-order valence-electron chi connectivity index (χ3n) is 4.42. The van der Waals surface area contributed by atoms with E-state index in [1.54, 1.807) is 0 Å². The number of carbonyl (C=O) groups excluding carboxylic acids is 1. The zero-order chi connectivity index (χ0) is 16.9. The Morgan fingerprint density at radius 2 is 2.00 bits per heavy atom. The zero-order valence-electron chi connectivity index (χ0n) is 14.5. The summed E-state index contributed by atoms with van der Waals surface area (Å²) in [4.78, 5) is 21.0. The monoisotopic (exact) mass is 327 g/mol. The molecule has 0 unspecified atom stereocenters. The fourth-order valence-corrected chi connectivity index (χ4v) is 3.10. The normalized spacial score (nSPS) is 15.7. The molecule has 0 atom stereocenters. The van der Waals surface area contributed by atoms with Crippen LogP contribution in [-0.4, -0.2) is 57.1 Å². The molecule has 1 fully saturated rings. The first-order chi connectivity index (χ1) is 11.6. The van der Waals surface area contributed by atoms with E-state index in [4.69, 9.17) is 0 Å². The number of hydrogen-bond acceptors (Lipinski definition) is 4. The second-order valence-electron chi connectivity index (χ2n) is 6.48. The summed E-state index contributed by atoms with van der Waals surface area (Å²) in [5, 5.41) is 6.90. The standard InChI is InChI=1S/C18H25N5O/c1-14-4-3-5-16(12-14)13-22-8-10-23(11-9-22)18(24)7-6-17-19-15(2)20-21-17/h3-5,12H,6-11,13H2,1-2H3,(H,19,20,21). The van der Waals surface area contributed by atoms with E-state index in [-0.39, 0.29) is 5.91 Å². The Morgan fingerprint density at radius 1 is 1.21 bits per heavy atom. The molecule has 0 saturated carbocycles. The number of amides is 1. The van der Waals surface area contributed by atoms with Crippen LogP contribution in [0.15, 0.2) is 24.3 Å². The van der Waals surface area contributed by atoms with Gasteiger partial charge in [-0.1, -0.05) is 29.8 Å². The highest BCUT2D eigenvalue weighted by atomic mass is 16.2. The third-order valence-corrected chi connectivity index (χ3v) is 4.42. The summed E-state index contributed by atoms with van der Waals surface area (Å²) in [5.41, 5.74) is 2.64. The predicted molar refractivity (Wildman–Crippen MR) is 92.5 cm³/mol. The van der Waals surface area contributed by atoms with Crippen molar-refractivity contribution in [2.75, 3.05) is 26.2 Å². The van der Waals surface area contributed by atoms with Gasteiger partial charge in [0.1, 0.15) is 5.82 Å². The minimum atomic E-state index is 0.202. The molecule has 128 valence electrons. The Bertz CT molecular complexity index is 688. The average molecular weight is 327 g/mol. The lowest BCUT2D eigenvalue weighted by molar-refractivity contribution is -0.133. The summed E-state index contributed by atoms with van der Waals surface area (Å²) in [6.07, 6.45) is 1.09. The van der Waals surface area contributed by atoms with Crippen LogP contribution < -0.4 is 0 Å². The van der Waals surface area contributed by atoms with Crippen LogP contribution >= 0.6 is 0 Å². The predicted octanol–water partition coefficient (Wildman–Crippen LogP) is 1.70. The molecule has 0 aliphatic carbocycles. The quantitative estimate of drug-likeness (QED) is 0.908. The second kappa shape index (κ2) is 7.57. The van der Waals surface area contributed by atoms with Crippen LogP contribution in [0.5, 0.6) is 0 Å². The van der Waals surface area contributed by atoms with Gasteiger partial charge >= 0.3 is 0 Å². The SMILES string of the molecule is Cc1cccc(CN2CCN(C(=O)CCc3n[nH]c(C)n3)CC2)c1. The minimum Gasteiger partial charge on any atom is -0.340 e. The number of benzene rings is 1. The van der Waals surface area contributed by atoms with Gasteiger partial charge in [0.15, 0.2) is 5.82 Å². The molecule has 0 spiro atoms. The molecular weight excluding hydrogens is 302 g/mol. The van der Waals surface area contributed by atoms with Gasteiger partial charge in [-0.05, 0) is 19.4 Å². The van der Waals surface area contributed by atoms with Gasteiger partial charge in [-0.15, -0.1) is 0 Å². The highest BCUT2D eigenvalue weighted by molar-refractivity contribution is 5.76. The molecule has 1 aromatic heterocycles. The fourth-order valence-electron chi connectivity index (χ4n) is 3.10. The van der Waals surface area contributed by atoms with E-state index in [9.17, 15) is 4.79 Å². The van der Waals surface area contributed by atoms with Gasteiger partial charge < -0.3 is 4.90 Å². The molecular formula is C18H25N5O. The van der Waals surface area contributed by atoms with Gasteiger partial charge in [0.05, 0.1) is 0 Å². The Balaban J connectivity index is 1.43.